The first kappa shape index (κ1) is 11.5. The van der Waals surface area contributed by atoms with Crippen molar-refractivity contribution in [3.05, 3.63) is 0 Å². The lowest BCUT2D eigenvalue weighted by atomic mass is 9.65. The molecule has 2 aliphatic carbocycles. The molecule has 0 unspecified atom stereocenters. The van der Waals surface area contributed by atoms with Crippen molar-refractivity contribution in [3.63, 3.8) is 0 Å². The van der Waals surface area contributed by atoms with Crippen molar-refractivity contribution in [2.75, 3.05) is 13.1 Å². The van der Waals surface area contributed by atoms with Crippen LogP contribution < -0.4 is 5.32 Å². The molecular formula is C14H23NO2. The average Bonchev–Trinajstić information content (AvgIpc) is 2.66. The van der Waals surface area contributed by atoms with Gasteiger partial charge in [0, 0.05) is 0 Å². The Hall–Kier alpha value is -0.570. The molecule has 1 aliphatic heterocycles. The second-order valence-corrected chi connectivity index (χ2v) is 6.32. The van der Waals surface area contributed by atoms with Gasteiger partial charge in [-0.2, -0.15) is 0 Å². The van der Waals surface area contributed by atoms with Crippen molar-refractivity contribution in [2.45, 2.75) is 44.9 Å². The van der Waals surface area contributed by atoms with E-state index >= 15 is 0 Å². The quantitative estimate of drug-likeness (QED) is 0.735. The molecule has 2 saturated carbocycles. The van der Waals surface area contributed by atoms with Crippen LogP contribution >= 0.6 is 0 Å². The van der Waals surface area contributed by atoms with E-state index in [0.29, 0.717) is 17.3 Å². The van der Waals surface area contributed by atoms with Crippen LogP contribution in [0.1, 0.15) is 44.9 Å². The van der Waals surface area contributed by atoms with Gasteiger partial charge >= 0.3 is 5.97 Å². The van der Waals surface area contributed by atoms with Crippen molar-refractivity contribution in [3.8, 4) is 0 Å². The number of piperidine rings is 1. The third kappa shape index (κ3) is 1.79. The van der Waals surface area contributed by atoms with Crippen molar-refractivity contribution < 1.29 is 9.90 Å². The highest BCUT2D eigenvalue weighted by Gasteiger charge is 2.55. The molecule has 1 saturated heterocycles. The number of carbonyl (C=O) groups is 1. The second kappa shape index (κ2) is 4.27. The van der Waals surface area contributed by atoms with E-state index in [1.807, 2.05) is 0 Å². The summed E-state index contributed by atoms with van der Waals surface area (Å²) >= 11 is 0. The summed E-state index contributed by atoms with van der Waals surface area (Å²) in [5.74, 6) is 0.620. The Morgan fingerprint density at radius 1 is 1.18 bits per heavy atom. The Bertz CT molecular complexity index is 309. The molecule has 3 heteroatoms. The lowest BCUT2D eigenvalue weighted by Crippen LogP contribution is -2.40. The van der Waals surface area contributed by atoms with E-state index in [4.69, 9.17) is 0 Å². The zero-order valence-electron chi connectivity index (χ0n) is 10.5. The monoisotopic (exact) mass is 237 g/mol. The Morgan fingerprint density at radius 3 is 2.59 bits per heavy atom. The molecule has 1 spiro atoms. The maximum Gasteiger partial charge on any atom is 0.306 e. The number of rotatable bonds is 1. The fourth-order valence-corrected chi connectivity index (χ4v) is 4.91. The van der Waals surface area contributed by atoms with Crippen LogP contribution in [0.4, 0.5) is 0 Å². The maximum absolute atomic E-state index is 11.5. The second-order valence-electron chi connectivity index (χ2n) is 6.32. The zero-order chi connectivity index (χ0) is 11.9. The molecule has 1 heterocycles. The van der Waals surface area contributed by atoms with Gasteiger partial charge in [0.15, 0.2) is 0 Å². The summed E-state index contributed by atoms with van der Waals surface area (Å²) in [6.07, 6.45) is 8.39. The van der Waals surface area contributed by atoms with E-state index in [9.17, 15) is 9.90 Å². The molecule has 2 N–H and O–H groups in total. The molecule has 3 rings (SSSR count). The van der Waals surface area contributed by atoms with Gasteiger partial charge in [0.05, 0.1) is 5.92 Å². The minimum Gasteiger partial charge on any atom is -0.481 e. The van der Waals surface area contributed by atoms with Crippen LogP contribution in [0.5, 0.6) is 0 Å². The van der Waals surface area contributed by atoms with E-state index in [1.165, 1.54) is 32.1 Å². The summed E-state index contributed by atoms with van der Waals surface area (Å²) < 4.78 is 0. The van der Waals surface area contributed by atoms with Gasteiger partial charge in [-0.05, 0) is 62.4 Å². The third-order valence-electron chi connectivity index (χ3n) is 5.67. The van der Waals surface area contributed by atoms with E-state index < -0.39 is 5.97 Å². The largest absolute Gasteiger partial charge is 0.481 e. The molecule has 0 bridgehead atoms. The molecule has 0 aromatic carbocycles. The van der Waals surface area contributed by atoms with E-state index in [1.54, 1.807) is 0 Å². The molecular weight excluding hydrogens is 214 g/mol. The standard InChI is InChI=1S/C14H23NO2/c16-13(17)11-9-14(5-7-15-8-6-14)12-4-2-1-3-10(11)12/h10-12,15H,1-9H2,(H,16,17)/t10-,11-,12-/m1/s1. The summed E-state index contributed by atoms with van der Waals surface area (Å²) in [6, 6.07) is 0. The molecule has 17 heavy (non-hydrogen) atoms. The first-order valence-corrected chi connectivity index (χ1v) is 7.16. The summed E-state index contributed by atoms with van der Waals surface area (Å²) in [7, 11) is 0. The van der Waals surface area contributed by atoms with Gasteiger partial charge in [-0.1, -0.05) is 12.8 Å². The number of aliphatic carboxylic acids is 1. The van der Waals surface area contributed by atoms with Gasteiger partial charge in [-0.3, -0.25) is 4.79 Å². The first-order valence-electron chi connectivity index (χ1n) is 7.16. The van der Waals surface area contributed by atoms with Crippen molar-refractivity contribution >= 4 is 5.97 Å². The van der Waals surface area contributed by atoms with Crippen LogP contribution in [0.25, 0.3) is 0 Å². The molecule has 0 radical (unpaired) electrons. The van der Waals surface area contributed by atoms with Gasteiger partial charge in [0.25, 0.3) is 0 Å². The normalized spacial score (nSPS) is 40.1. The van der Waals surface area contributed by atoms with Crippen molar-refractivity contribution in [1.29, 1.82) is 0 Å². The highest BCUT2D eigenvalue weighted by atomic mass is 16.4. The SMILES string of the molecule is O=C(O)[C@@H]1CC2(CCNCC2)[C@@H]2CCCC[C@@H]21. The van der Waals surface area contributed by atoms with Crippen LogP contribution in [0, 0.1) is 23.2 Å². The van der Waals surface area contributed by atoms with E-state index in [2.05, 4.69) is 5.32 Å². The average molecular weight is 237 g/mol. The van der Waals surface area contributed by atoms with E-state index in [0.717, 1.165) is 25.9 Å². The lowest BCUT2D eigenvalue weighted by Gasteiger charge is -2.42. The molecule has 0 aromatic heterocycles. The fraction of sp³-hybridized carbons (Fsp3) is 0.929. The summed E-state index contributed by atoms with van der Waals surface area (Å²) in [4.78, 5) is 11.5. The Labute approximate surface area is 103 Å². The molecule has 0 aromatic rings. The van der Waals surface area contributed by atoms with Gasteiger partial charge in [0.2, 0.25) is 0 Å². The molecule has 96 valence electrons. The molecule has 3 atom stereocenters. The Balaban J connectivity index is 1.87. The Morgan fingerprint density at radius 2 is 1.88 bits per heavy atom. The van der Waals surface area contributed by atoms with Crippen LogP contribution in [0.3, 0.4) is 0 Å². The van der Waals surface area contributed by atoms with Crippen molar-refractivity contribution in [2.24, 2.45) is 23.2 Å². The maximum atomic E-state index is 11.5. The summed E-state index contributed by atoms with van der Waals surface area (Å²) in [5, 5.41) is 12.9. The van der Waals surface area contributed by atoms with Gasteiger partial charge in [-0.25, -0.2) is 0 Å². The summed E-state index contributed by atoms with van der Waals surface area (Å²) in [5.41, 5.74) is 0.374. The van der Waals surface area contributed by atoms with Gasteiger partial charge in [0.1, 0.15) is 0 Å². The predicted molar refractivity (Wildman–Crippen MR) is 65.7 cm³/mol. The number of carboxylic acid groups (broad SMARTS) is 1. The minimum absolute atomic E-state index is 0.0431. The number of hydrogen-bond acceptors (Lipinski definition) is 2. The summed E-state index contributed by atoms with van der Waals surface area (Å²) in [6.45, 7) is 2.19. The molecule has 0 amide bonds. The zero-order valence-corrected chi connectivity index (χ0v) is 10.5. The van der Waals surface area contributed by atoms with Crippen LogP contribution in [0.15, 0.2) is 0 Å². The predicted octanol–water partition coefficient (Wildman–Crippen LogP) is 2.27. The number of hydrogen-bond donors (Lipinski definition) is 2. The smallest absolute Gasteiger partial charge is 0.306 e. The van der Waals surface area contributed by atoms with Crippen molar-refractivity contribution in [1.82, 2.24) is 5.32 Å². The molecule has 3 nitrogen and oxygen atoms in total. The van der Waals surface area contributed by atoms with Crippen LogP contribution in [-0.4, -0.2) is 24.2 Å². The fourth-order valence-electron chi connectivity index (χ4n) is 4.91. The molecule has 3 aliphatic rings. The van der Waals surface area contributed by atoms with Crippen LogP contribution in [0.2, 0.25) is 0 Å². The highest BCUT2D eigenvalue weighted by molar-refractivity contribution is 5.71. The van der Waals surface area contributed by atoms with Gasteiger partial charge < -0.3 is 10.4 Å². The highest BCUT2D eigenvalue weighted by Crippen LogP contribution is 2.59. The van der Waals surface area contributed by atoms with Crippen LogP contribution in [-0.2, 0) is 4.79 Å². The first-order chi connectivity index (χ1) is 8.23. The Kier molecular flexibility index (Phi) is 2.89. The minimum atomic E-state index is -0.530. The number of carboxylic acids is 1. The number of nitrogens with one attached hydrogen (secondary N) is 1. The topological polar surface area (TPSA) is 49.3 Å². The van der Waals surface area contributed by atoms with Gasteiger partial charge in [-0.15, -0.1) is 0 Å². The number of fused-ring (bicyclic) bond motifs is 2. The molecule has 3 fully saturated rings. The lowest BCUT2D eigenvalue weighted by molar-refractivity contribution is -0.143. The van der Waals surface area contributed by atoms with E-state index in [-0.39, 0.29) is 5.92 Å². The third-order valence-corrected chi connectivity index (χ3v) is 5.67.